The van der Waals surface area contributed by atoms with Gasteiger partial charge in [0.25, 0.3) is 6.04 Å². The number of hydrogen-bond acceptors (Lipinski definition) is 6. The van der Waals surface area contributed by atoms with Crippen LogP contribution in [0.5, 0.6) is 0 Å². The summed E-state index contributed by atoms with van der Waals surface area (Å²) in [6, 6.07) is 7.57. The molecule has 28 heavy (non-hydrogen) atoms. The highest BCUT2D eigenvalue weighted by molar-refractivity contribution is 7.92. The number of carbonyl (C=O) groups is 1. The molecule has 1 fully saturated rings. The maximum Gasteiger partial charge on any atom is 0.266 e. The van der Waals surface area contributed by atoms with Crippen molar-refractivity contribution in [3.63, 3.8) is 0 Å². The third-order valence-electron chi connectivity index (χ3n) is 6.25. The lowest BCUT2D eigenvalue weighted by atomic mass is 9.68. The summed E-state index contributed by atoms with van der Waals surface area (Å²) in [6.45, 7) is 5.40. The van der Waals surface area contributed by atoms with Crippen molar-refractivity contribution in [1.29, 1.82) is 0 Å². The Morgan fingerprint density at radius 1 is 1.14 bits per heavy atom. The minimum atomic E-state index is -3.85. The van der Waals surface area contributed by atoms with Crippen LogP contribution < -0.4 is 0 Å². The van der Waals surface area contributed by atoms with Gasteiger partial charge in [-0.2, -0.15) is 0 Å². The topological polar surface area (TPSA) is 104 Å². The zero-order valence-corrected chi connectivity index (χ0v) is 16.9. The molecule has 1 saturated heterocycles. The molecule has 150 valence electrons. The summed E-state index contributed by atoms with van der Waals surface area (Å²) >= 11 is 0. The van der Waals surface area contributed by atoms with Crippen molar-refractivity contribution >= 4 is 15.6 Å². The van der Waals surface area contributed by atoms with Crippen molar-refractivity contribution in [2.24, 2.45) is 5.41 Å². The Labute approximate surface area is 163 Å². The van der Waals surface area contributed by atoms with Crippen LogP contribution in [0.3, 0.4) is 0 Å². The summed E-state index contributed by atoms with van der Waals surface area (Å²) in [5.74, 6) is -1.06. The van der Waals surface area contributed by atoms with Gasteiger partial charge in [-0.3, -0.25) is 14.9 Å². The number of fused-ring (bicyclic) bond motifs is 1. The molecular formula is C20H23NO6S. The van der Waals surface area contributed by atoms with E-state index in [-0.39, 0.29) is 11.2 Å². The van der Waals surface area contributed by atoms with Gasteiger partial charge in [0.05, 0.1) is 0 Å². The van der Waals surface area contributed by atoms with Crippen LogP contribution in [-0.4, -0.2) is 41.8 Å². The standard InChI is InChI=1S/C20H23NO6S/c1-19(2)9-13(22)17-14(10-19)27-20(3)15(21(23)24)11-28(25,26)18(20)16(17)12-7-5-4-6-8-12/h4-8,15-16,18H,9-11H2,1-3H3/t15-,16+,18-,20+/m1/s1. The van der Waals surface area contributed by atoms with E-state index in [0.29, 0.717) is 29.7 Å². The van der Waals surface area contributed by atoms with E-state index in [2.05, 4.69) is 0 Å². The van der Waals surface area contributed by atoms with Crippen LogP contribution in [0, 0.1) is 15.5 Å². The molecule has 0 radical (unpaired) electrons. The van der Waals surface area contributed by atoms with Crippen LogP contribution >= 0.6 is 0 Å². The Balaban J connectivity index is 1.99. The number of rotatable bonds is 2. The van der Waals surface area contributed by atoms with Gasteiger partial charge in [0.1, 0.15) is 16.8 Å². The molecule has 0 spiro atoms. The zero-order chi connectivity index (χ0) is 20.5. The van der Waals surface area contributed by atoms with Crippen LogP contribution in [0.15, 0.2) is 41.7 Å². The number of allylic oxidation sites excluding steroid dienone is 2. The van der Waals surface area contributed by atoms with Gasteiger partial charge in [-0.15, -0.1) is 0 Å². The van der Waals surface area contributed by atoms with E-state index in [4.69, 9.17) is 4.74 Å². The van der Waals surface area contributed by atoms with Crippen LogP contribution in [0.4, 0.5) is 0 Å². The van der Waals surface area contributed by atoms with Gasteiger partial charge in [0, 0.05) is 29.3 Å². The van der Waals surface area contributed by atoms with Gasteiger partial charge >= 0.3 is 0 Å². The summed E-state index contributed by atoms with van der Waals surface area (Å²) in [5, 5.41) is 10.6. The second-order valence-electron chi connectivity index (χ2n) is 9.00. The molecule has 0 aromatic heterocycles. The number of ketones is 1. The smallest absolute Gasteiger partial charge is 0.266 e. The number of hydrogen-bond donors (Lipinski definition) is 0. The third-order valence-corrected chi connectivity index (χ3v) is 8.55. The molecule has 8 heteroatoms. The number of benzene rings is 1. The van der Waals surface area contributed by atoms with E-state index in [1.807, 2.05) is 19.9 Å². The summed E-state index contributed by atoms with van der Waals surface area (Å²) in [6.07, 6.45) is 0.741. The lowest BCUT2D eigenvalue weighted by Gasteiger charge is -2.46. The van der Waals surface area contributed by atoms with E-state index in [9.17, 15) is 23.3 Å². The summed E-state index contributed by atoms with van der Waals surface area (Å²) in [7, 11) is -3.85. The molecule has 4 rings (SSSR count). The van der Waals surface area contributed by atoms with Crippen molar-refractivity contribution in [2.75, 3.05) is 5.75 Å². The fourth-order valence-corrected chi connectivity index (χ4v) is 7.83. The number of nitro groups is 1. The van der Waals surface area contributed by atoms with E-state index in [1.165, 1.54) is 6.92 Å². The first kappa shape index (κ1) is 19.1. The lowest BCUT2D eigenvalue weighted by Crippen LogP contribution is -2.56. The maximum absolute atomic E-state index is 13.1. The Hall–Kier alpha value is -2.22. The number of carbonyl (C=O) groups excluding carboxylic acids is 1. The summed E-state index contributed by atoms with van der Waals surface area (Å²) in [5.41, 5.74) is -0.812. The van der Waals surface area contributed by atoms with Crippen LogP contribution in [0.2, 0.25) is 0 Å². The van der Waals surface area contributed by atoms with Crippen LogP contribution in [0.1, 0.15) is 45.1 Å². The average Bonchev–Trinajstić information content (AvgIpc) is 2.79. The van der Waals surface area contributed by atoms with Gasteiger partial charge in [-0.05, 0) is 17.9 Å². The third kappa shape index (κ3) is 2.69. The van der Waals surface area contributed by atoms with Crippen molar-refractivity contribution in [3.8, 4) is 0 Å². The van der Waals surface area contributed by atoms with Crippen molar-refractivity contribution in [3.05, 3.63) is 57.3 Å². The highest BCUT2D eigenvalue weighted by atomic mass is 32.2. The quantitative estimate of drug-likeness (QED) is 0.553. The minimum Gasteiger partial charge on any atom is -0.483 e. The largest absolute Gasteiger partial charge is 0.483 e. The van der Waals surface area contributed by atoms with E-state index >= 15 is 0 Å². The van der Waals surface area contributed by atoms with E-state index < -0.39 is 43.3 Å². The average molecular weight is 405 g/mol. The molecular weight excluding hydrogens is 382 g/mol. The molecule has 0 N–H and O–H groups in total. The Morgan fingerprint density at radius 2 is 1.79 bits per heavy atom. The molecule has 0 bridgehead atoms. The molecule has 1 aromatic rings. The molecule has 2 aliphatic heterocycles. The normalized spacial score (nSPS) is 35.7. The molecule has 0 saturated carbocycles. The lowest BCUT2D eigenvalue weighted by molar-refractivity contribution is -0.537. The van der Waals surface area contributed by atoms with Crippen LogP contribution in [0.25, 0.3) is 0 Å². The van der Waals surface area contributed by atoms with Crippen molar-refractivity contribution in [2.45, 2.75) is 56.4 Å². The SMILES string of the molecule is CC1(C)CC(=O)C2=C(C1)O[C@]1(C)[C@@H]([C@H]2c2ccccc2)S(=O)(=O)C[C@H]1[N+](=O)[O-]. The molecule has 2 heterocycles. The van der Waals surface area contributed by atoms with Gasteiger partial charge in [-0.1, -0.05) is 44.2 Å². The Kier molecular flexibility index (Phi) is 4.02. The van der Waals surface area contributed by atoms with E-state index in [1.54, 1.807) is 24.3 Å². The Morgan fingerprint density at radius 3 is 2.39 bits per heavy atom. The second kappa shape index (κ2) is 5.89. The molecule has 1 aliphatic carbocycles. The van der Waals surface area contributed by atoms with Crippen LogP contribution in [-0.2, 0) is 19.4 Å². The van der Waals surface area contributed by atoms with Gasteiger partial charge in [-0.25, -0.2) is 8.42 Å². The summed E-state index contributed by atoms with van der Waals surface area (Å²) in [4.78, 5) is 24.2. The fourth-order valence-electron chi connectivity index (χ4n) is 5.10. The highest BCUT2D eigenvalue weighted by Gasteiger charge is 2.70. The molecule has 0 unspecified atom stereocenters. The molecule has 1 aromatic carbocycles. The first-order valence-corrected chi connectivity index (χ1v) is 11.0. The summed E-state index contributed by atoms with van der Waals surface area (Å²) < 4.78 is 32.3. The van der Waals surface area contributed by atoms with E-state index in [0.717, 1.165) is 0 Å². The maximum atomic E-state index is 13.1. The monoisotopic (exact) mass is 405 g/mol. The molecule has 7 nitrogen and oxygen atoms in total. The predicted molar refractivity (Wildman–Crippen MR) is 102 cm³/mol. The fraction of sp³-hybridized carbons (Fsp3) is 0.550. The van der Waals surface area contributed by atoms with Gasteiger partial charge < -0.3 is 4.74 Å². The first-order chi connectivity index (χ1) is 13.0. The molecule has 4 atom stereocenters. The molecule has 0 amide bonds. The predicted octanol–water partition coefficient (Wildman–Crippen LogP) is 2.64. The Bertz CT molecular complexity index is 997. The number of sulfone groups is 1. The number of nitrogens with zero attached hydrogens (tertiary/aromatic N) is 1. The number of ether oxygens (including phenoxy) is 1. The number of Topliss-reactive ketones (excluding diaryl/α,β-unsaturated/α-hetero) is 1. The van der Waals surface area contributed by atoms with Crippen molar-refractivity contribution in [1.82, 2.24) is 0 Å². The molecule has 3 aliphatic rings. The first-order valence-electron chi connectivity index (χ1n) is 9.31. The highest BCUT2D eigenvalue weighted by Crippen LogP contribution is 2.55. The minimum absolute atomic E-state index is 0.137. The van der Waals surface area contributed by atoms with Gasteiger partial charge in [0.2, 0.25) is 0 Å². The van der Waals surface area contributed by atoms with Crippen molar-refractivity contribution < 1.29 is 22.9 Å². The van der Waals surface area contributed by atoms with Gasteiger partial charge in [0.15, 0.2) is 21.2 Å². The second-order valence-corrected chi connectivity index (χ2v) is 11.2. The zero-order valence-electron chi connectivity index (χ0n) is 16.0.